The second kappa shape index (κ2) is 8.32. The van der Waals surface area contributed by atoms with E-state index in [1.165, 1.54) is 29.0 Å². The van der Waals surface area contributed by atoms with Crippen molar-refractivity contribution in [2.24, 2.45) is 5.92 Å². The number of halogens is 1. The molecule has 0 aliphatic carbocycles. The van der Waals surface area contributed by atoms with Crippen molar-refractivity contribution < 1.29 is 9.18 Å². The van der Waals surface area contributed by atoms with Gasteiger partial charge in [-0.15, -0.1) is 0 Å². The van der Waals surface area contributed by atoms with E-state index in [2.05, 4.69) is 44.4 Å². The zero-order valence-electron chi connectivity index (χ0n) is 16.8. The largest absolute Gasteiger partial charge is 0.353 e. The second-order valence-electron chi connectivity index (χ2n) is 8.26. The lowest BCUT2D eigenvalue weighted by atomic mass is 9.97. The summed E-state index contributed by atoms with van der Waals surface area (Å²) in [5.41, 5.74) is 2.15. The molecule has 2 saturated heterocycles. The highest BCUT2D eigenvalue weighted by Crippen LogP contribution is 2.33. The molecule has 0 radical (unpaired) electrons. The standard InChI is InChI=1S/C23H25FN4OS/c24-18-6-7-20-21(12-18)30-23(26-20)28-14-17(15-28)22(29)25-19-8-10-27(11-9-19)13-16-4-2-1-3-5-16/h1-7,12,17,19H,8-11,13-15H2,(H,25,29). The van der Waals surface area contributed by atoms with Crippen molar-refractivity contribution in [3.63, 3.8) is 0 Å². The van der Waals surface area contributed by atoms with E-state index in [0.717, 1.165) is 47.8 Å². The molecule has 1 amide bonds. The number of anilines is 1. The van der Waals surface area contributed by atoms with E-state index in [1.807, 2.05) is 6.07 Å². The number of carbonyl (C=O) groups is 1. The number of piperidine rings is 1. The van der Waals surface area contributed by atoms with E-state index in [1.54, 1.807) is 6.07 Å². The van der Waals surface area contributed by atoms with Crippen LogP contribution in [0.4, 0.5) is 9.52 Å². The Bertz CT molecular complexity index is 1030. The van der Waals surface area contributed by atoms with Gasteiger partial charge in [0.2, 0.25) is 5.91 Å². The molecule has 3 heterocycles. The molecular formula is C23H25FN4OS. The van der Waals surface area contributed by atoms with Crippen LogP contribution in [0.15, 0.2) is 48.5 Å². The zero-order chi connectivity index (χ0) is 20.5. The van der Waals surface area contributed by atoms with Crippen molar-refractivity contribution in [1.82, 2.24) is 15.2 Å². The monoisotopic (exact) mass is 424 g/mol. The van der Waals surface area contributed by atoms with Gasteiger partial charge in [0.15, 0.2) is 5.13 Å². The van der Waals surface area contributed by atoms with E-state index in [-0.39, 0.29) is 23.7 Å². The van der Waals surface area contributed by atoms with Crippen LogP contribution in [0.25, 0.3) is 10.2 Å². The molecule has 7 heteroatoms. The predicted molar refractivity (Wildman–Crippen MR) is 118 cm³/mol. The van der Waals surface area contributed by atoms with Gasteiger partial charge in [-0.25, -0.2) is 9.37 Å². The summed E-state index contributed by atoms with van der Waals surface area (Å²) in [6.07, 6.45) is 2.00. The summed E-state index contributed by atoms with van der Waals surface area (Å²) in [5, 5.41) is 4.12. The number of thiazole rings is 1. The molecule has 2 aliphatic heterocycles. The highest BCUT2D eigenvalue weighted by molar-refractivity contribution is 7.22. The van der Waals surface area contributed by atoms with E-state index in [0.29, 0.717) is 13.1 Å². The summed E-state index contributed by atoms with van der Waals surface area (Å²) in [6.45, 7) is 4.37. The van der Waals surface area contributed by atoms with Crippen LogP contribution in [0.1, 0.15) is 18.4 Å². The Balaban J connectivity index is 1.08. The third-order valence-corrected chi connectivity index (χ3v) is 7.12. The number of carbonyl (C=O) groups excluding carboxylic acids is 1. The molecule has 0 atom stereocenters. The van der Waals surface area contributed by atoms with E-state index >= 15 is 0 Å². The number of amides is 1. The molecule has 1 N–H and O–H groups in total. The number of hydrogen-bond donors (Lipinski definition) is 1. The van der Waals surface area contributed by atoms with Crippen LogP contribution in [0.3, 0.4) is 0 Å². The first-order valence-corrected chi connectivity index (χ1v) is 11.3. The number of benzene rings is 2. The minimum absolute atomic E-state index is 0.0103. The van der Waals surface area contributed by atoms with Crippen LogP contribution in [0.5, 0.6) is 0 Å². The maximum absolute atomic E-state index is 13.4. The Kier molecular flexibility index (Phi) is 5.39. The lowest BCUT2D eigenvalue weighted by Crippen LogP contribution is -2.56. The van der Waals surface area contributed by atoms with Crippen LogP contribution in [0, 0.1) is 11.7 Å². The van der Waals surface area contributed by atoms with E-state index in [9.17, 15) is 9.18 Å². The summed E-state index contributed by atoms with van der Waals surface area (Å²) in [4.78, 5) is 21.8. The van der Waals surface area contributed by atoms with Gasteiger partial charge in [-0.05, 0) is 36.6 Å². The topological polar surface area (TPSA) is 48.5 Å². The predicted octanol–water partition coefficient (Wildman–Crippen LogP) is 3.65. The van der Waals surface area contributed by atoms with Crippen LogP contribution in [-0.4, -0.2) is 48.0 Å². The normalized spacial score (nSPS) is 18.5. The molecule has 2 aliphatic rings. The molecule has 5 rings (SSSR count). The van der Waals surface area contributed by atoms with Crippen molar-refractivity contribution in [1.29, 1.82) is 0 Å². The molecule has 156 valence electrons. The Morgan fingerprint density at radius 3 is 2.67 bits per heavy atom. The van der Waals surface area contributed by atoms with Gasteiger partial charge in [0.05, 0.1) is 16.1 Å². The van der Waals surface area contributed by atoms with Crippen molar-refractivity contribution in [2.75, 3.05) is 31.1 Å². The van der Waals surface area contributed by atoms with Crippen LogP contribution < -0.4 is 10.2 Å². The first-order chi connectivity index (χ1) is 14.6. The van der Waals surface area contributed by atoms with Crippen molar-refractivity contribution in [3.05, 3.63) is 59.9 Å². The van der Waals surface area contributed by atoms with Gasteiger partial charge in [0, 0.05) is 38.8 Å². The Morgan fingerprint density at radius 2 is 1.90 bits per heavy atom. The number of likely N-dealkylation sites (tertiary alicyclic amines) is 1. The van der Waals surface area contributed by atoms with Gasteiger partial charge in [-0.3, -0.25) is 9.69 Å². The smallest absolute Gasteiger partial charge is 0.226 e. The number of hydrogen-bond acceptors (Lipinski definition) is 5. The van der Waals surface area contributed by atoms with Crippen molar-refractivity contribution in [2.45, 2.75) is 25.4 Å². The minimum Gasteiger partial charge on any atom is -0.353 e. The fraction of sp³-hybridized carbons (Fsp3) is 0.391. The third kappa shape index (κ3) is 4.18. The Hall–Kier alpha value is -2.51. The molecule has 0 unspecified atom stereocenters. The molecule has 0 bridgehead atoms. The zero-order valence-corrected chi connectivity index (χ0v) is 17.6. The summed E-state index contributed by atoms with van der Waals surface area (Å²) in [7, 11) is 0. The van der Waals surface area contributed by atoms with Crippen LogP contribution >= 0.6 is 11.3 Å². The molecule has 0 saturated carbocycles. The quantitative estimate of drug-likeness (QED) is 0.679. The molecule has 2 fully saturated rings. The highest BCUT2D eigenvalue weighted by atomic mass is 32.1. The maximum Gasteiger partial charge on any atom is 0.226 e. The SMILES string of the molecule is O=C(NC1CCN(Cc2ccccc2)CC1)C1CN(c2nc3ccc(F)cc3s2)C1. The number of aromatic nitrogens is 1. The lowest BCUT2D eigenvalue weighted by molar-refractivity contribution is -0.126. The number of rotatable bonds is 5. The van der Waals surface area contributed by atoms with Gasteiger partial charge in [-0.2, -0.15) is 0 Å². The molecule has 5 nitrogen and oxygen atoms in total. The van der Waals surface area contributed by atoms with Crippen molar-refractivity contribution in [3.8, 4) is 0 Å². The van der Waals surface area contributed by atoms with Gasteiger partial charge < -0.3 is 10.2 Å². The Labute approximate surface area is 179 Å². The summed E-state index contributed by atoms with van der Waals surface area (Å²) < 4.78 is 14.2. The second-order valence-corrected chi connectivity index (χ2v) is 9.26. The van der Waals surface area contributed by atoms with Gasteiger partial charge in [-0.1, -0.05) is 41.7 Å². The maximum atomic E-state index is 13.4. The molecule has 2 aromatic carbocycles. The molecular weight excluding hydrogens is 399 g/mol. The molecule has 1 aromatic heterocycles. The fourth-order valence-corrected chi connectivity index (χ4v) is 5.23. The van der Waals surface area contributed by atoms with Crippen molar-refractivity contribution >= 4 is 32.6 Å². The van der Waals surface area contributed by atoms with Gasteiger partial charge in [0.1, 0.15) is 5.82 Å². The number of fused-ring (bicyclic) bond motifs is 1. The average Bonchev–Trinajstić information content (AvgIpc) is 3.11. The molecule has 30 heavy (non-hydrogen) atoms. The van der Waals surface area contributed by atoms with E-state index < -0.39 is 0 Å². The first-order valence-electron chi connectivity index (χ1n) is 10.5. The summed E-state index contributed by atoms with van der Waals surface area (Å²) >= 11 is 1.48. The van der Waals surface area contributed by atoms with E-state index in [4.69, 9.17) is 0 Å². The minimum atomic E-state index is -0.242. The average molecular weight is 425 g/mol. The highest BCUT2D eigenvalue weighted by Gasteiger charge is 2.35. The molecule has 3 aromatic rings. The number of nitrogens with one attached hydrogen (secondary N) is 1. The molecule has 0 spiro atoms. The summed E-state index contributed by atoms with van der Waals surface area (Å²) in [6, 6.07) is 15.5. The fourth-order valence-electron chi connectivity index (χ4n) is 4.22. The first kappa shape index (κ1) is 19.5. The van der Waals surface area contributed by atoms with Gasteiger partial charge >= 0.3 is 0 Å². The lowest BCUT2D eigenvalue weighted by Gasteiger charge is -2.39. The van der Waals surface area contributed by atoms with Crippen LogP contribution in [0.2, 0.25) is 0 Å². The number of nitrogens with zero attached hydrogens (tertiary/aromatic N) is 3. The summed E-state index contributed by atoms with van der Waals surface area (Å²) in [5.74, 6) is -0.0793. The Morgan fingerprint density at radius 1 is 1.13 bits per heavy atom. The van der Waals surface area contributed by atoms with Crippen LogP contribution in [-0.2, 0) is 11.3 Å². The van der Waals surface area contributed by atoms with Gasteiger partial charge in [0.25, 0.3) is 0 Å². The third-order valence-electron chi connectivity index (χ3n) is 6.05.